The molecule has 4 heteroatoms. The van der Waals surface area contributed by atoms with Gasteiger partial charge >= 0.3 is 0 Å². The maximum Gasteiger partial charge on any atom is 0.127 e. The van der Waals surface area contributed by atoms with Gasteiger partial charge in [-0.05, 0) is 56.7 Å². The van der Waals surface area contributed by atoms with E-state index >= 15 is 0 Å². The zero-order valence-corrected chi connectivity index (χ0v) is 12.3. The molecule has 0 amide bonds. The van der Waals surface area contributed by atoms with Crippen molar-refractivity contribution in [3.63, 3.8) is 0 Å². The Morgan fingerprint density at radius 3 is 2.53 bits per heavy atom. The average Bonchev–Trinajstić information content (AvgIpc) is 2.74. The van der Waals surface area contributed by atoms with Crippen LogP contribution in [0.1, 0.15) is 48.5 Å². The van der Waals surface area contributed by atoms with Gasteiger partial charge < -0.3 is 15.6 Å². The molecule has 1 aromatic carbocycles. The number of rotatable bonds is 0. The summed E-state index contributed by atoms with van der Waals surface area (Å²) in [6, 6.07) is 3.79. The molecule has 1 fully saturated rings. The standard InChI is InChI=1S/C15H21NO2.ClH/c1-9-7-10(2)12-11(8-9)18-15(5-3-4-6-15)14(16)13(12)17;/h7-8,13-14,17H,3-6,16H2,1-2H3;1H. The minimum atomic E-state index is -0.604. The van der Waals surface area contributed by atoms with Crippen LogP contribution in [0, 0.1) is 13.8 Å². The van der Waals surface area contributed by atoms with Crippen molar-refractivity contribution in [2.75, 3.05) is 0 Å². The summed E-state index contributed by atoms with van der Waals surface area (Å²) >= 11 is 0. The van der Waals surface area contributed by atoms with Crippen molar-refractivity contribution in [1.82, 2.24) is 0 Å². The van der Waals surface area contributed by atoms with Gasteiger partial charge in [-0.25, -0.2) is 0 Å². The molecule has 1 aliphatic heterocycles. The zero-order valence-electron chi connectivity index (χ0n) is 11.5. The van der Waals surface area contributed by atoms with Gasteiger partial charge in [-0.15, -0.1) is 12.4 Å². The number of aliphatic hydroxyl groups is 1. The van der Waals surface area contributed by atoms with Crippen LogP contribution in [0.2, 0.25) is 0 Å². The summed E-state index contributed by atoms with van der Waals surface area (Å²) in [7, 11) is 0. The first-order valence-electron chi connectivity index (χ1n) is 6.77. The third-order valence-corrected chi connectivity index (χ3v) is 4.50. The first-order chi connectivity index (χ1) is 8.53. The van der Waals surface area contributed by atoms with E-state index in [0.717, 1.165) is 42.6 Å². The second-order valence-electron chi connectivity index (χ2n) is 5.84. The lowest BCUT2D eigenvalue weighted by molar-refractivity contribution is -0.0319. The Morgan fingerprint density at radius 2 is 1.89 bits per heavy atom. The molecular formula is C15H22ClNO2. The molecule has 1 heterocycles. The normalized spacial score (nSPS) is 27.6. The molecule has 1 saturated carbocycles. The van der Waals surface area contributed by atoms with Crippen molar-refractivity contribution in [1.29, 1.82) is 0 Å². The van der Waals surface area contributed by atoms with Crippen LogP contribution < -0.4 is 10.5 Å². The lowest BCUT2D eigenvalue weighted by Gasteiger charge is -2.44. The molecule has 0 aromatic heterocycles. The van der Waals surface area contributed by atoms with Crippen LogP contribution in [-0.4, -0.2) is 16.7 Å². The van der Waals surface area contributed by atoms with Crippen LogP contribution in [0.15, 0.2) is 12.1 Å². The molecule has 0 radical (unpaired) electrons. The predicted molar refractivity (Wildman–Crippen MR) is 77.9 cm³/mol. The molecule has 3 nitrogen and oxygen atoms in total. The molecule has 19 heavy (non-hydrogen) atoms. The number of hydrogen-bond donors (Lipinski definition) is 2. The van der Waals surface area contributed by atoms with Crippen LogP contribution in [0.3, 0.4) is 0 Å². The second kappa shape index (κ2) is 4.97. The van der Waals surface area contributed by atoms with E-state index in [1.54, 1.807) is 0 Å². The summed E-state index contributed by atoms with van der Waals surface area (Å²) < 4.78 is 6.24. The van der Waals surface area contributed by atoms with Crippen LogP contribution in [0.5, 0.6) is 5.75 Å². The van der Waals surface area contributed by atoms with E-state index in [0.29, 0.717) is 0 Å². The monoisotopic (exact) mass is 283 g/mol. The Kier molecular flexibility index (Phi) is 3.83. The maximum absolute atomic E-state index is 10.5. The molecular weight excluding hydrogens is 262 g/mol. The third-order valence-electron chi connectivity index (χ3n) is 4.50. The topological polar surface area (TPSA) is 55.5 Å². The van der Waals surface area contributed by atoms with E-state index in [1.807, 2.05) is 13.0 Å². The van der Waals surface area contributed by atoms with E-state index in [9.17, 15) is 5.11 Å². The van der Waals surface area contributed by atoms with E-state index in [1.165, 1.54) is 5.56 Å². The van der Waals surface area contributed by atoms with Gasteiger partial charge in [0.15, 0.2) is 0 Å². The van der Waals surface area contributed by atoms with Crippen molar-refractivity contribution in [3.05, 3.63) is 28.8 Å². The Labute approximate surface area is 120 Å². The number of benzene rings is 1. The molecule has 106 valence electrons. The fourth-order valence-corrected chi connectivity index (χ4v) is 3.57. The highest BCUT2D eigenvalue weighted by atomic mass is 35.5. The molecule has 2 unspecified atom stereocenters. The number of aryl methyl sites for hydroxylation is 2. The SMILES string of the molecule is Cc1cc(C)c2c(c1)OC1(CCCC1)C(N)C2O.Cl. The van der Waals surface area contributed by atoms with Gasteiger partial charge in [0.1, 0.15) is 17.5 Å². The number of fused-ring (bicyclic) bond motifs is 1. The van der Waals surface area contributed by atoms with E-state index < -0.39 is 6.10 Å². The first-order valence-corrected chi connectivity index (χ1v) is 6.77. The van der Waals surface area contributed by atoms with Crippen LogP contribution in [-0.2, 0) is 0 Å². The smallest absolute Gasteiger partial charge is 0.127 e. The molecule has 3 N–H and O–H groups in total. The van der Waals surface area contributed by atoms with Gasteiger partial charge in [0.25, 0.3) is 0 Å². The number of halogens is 1. The third kappa shape index (κ3) is 2.14. The summed E-state index contributed by atoms with van der Waals surface area (Å²) in [5, 5.41) is 10.5. The van der Waals surface area contributed by atoms with E-state index in [-0.39, 0.29) is 24.0 Å². The van der Waals surface area contributed by atoms with Gasteiger partial charge in [-0.1, -0.05) is 6.07 Å². The van der Waals surface area contributed by atoms with Gasteiger partial charge in [-0.2, -0.15) is 0 Å². The van der Waals surface area contributed by atoms with Crippen LogP contribution in [0.25, 0.3) is 0 Å². The molecule has 2 aliphatic rings. The van der Waals surface area contributed by atoms with Gasteiger partial charge in [0, 0.05) is 5.56 Å². The summed E-state index contributed by atoms with van der Waals surface area (Å²) in [5.74, 6) is 0.837. The molecule has 1 aromatic rings. The average molecular weight is 284 g/mol. The van der Waals surface area contributed by atoms with Crippen LogP contribution in [0.4, 0.5) is 0 Å². The minimum Gasteiger partial charge on any atom is -0.485 e. The lowest BCUT2D eigenvalue weighted by atomic mass is 9.81. The highest BCUT2D eigenvalue weighted by Crippen LogP contribution is 2.47. The maximum atomic E-state index is 10.5. The van der Waals surface area contributed by atoms with Gasteiger partial charge in [0.05, 0.1) is 6.04 Å². The summed E-state index contributed by atoms with van der Waals surface area (Å²) in [4.78, 5) is 0. The summed E-state index contributed by atoms with van der Waals surface area (Å²) in [5.41, 5.74) is 9.04. The van der Waals surface area contributed by atoms with Crippen molar-refractivity contribution in [3.8, 4) is 5.75 Å². The first kappa shape index (κ1) is 14.6. The fourth-order valence-electron chi connectivity index (χ4n) is 3.57. The van der Waals surface area contributed by atoms with E-state index in [4.69, 9.17) is 10.5 Å². The van der Waals surface area contributed by atoms with Gasteiger partial charge in [-0.3, -0.25) is 0 Å². The highest BCUT2D eigenvalue weighted by Gasteiger charge is 2.49. The number of aliphatic hydroxyl groups excluding tert-OH is 1. The van der Waals surface area contributed by atoms with Crippen molar-refractivity contribution < 1.29 is 9.84 Å². The van der Waals surface area contributed by atoms with Crippen LogP contribution >= 0.6 is 12.4 Å². The fraction of sp³-hybridized carbons (Fsp3) is 0.600. The molecule has 0 bridgehead atoms. The van der Waals surface area contributed by atoms with Crippen molar-refractivity contribution in [2.24, 2.45) is 5.73 Å². The zero-order chi connectivity index (χ0) is 12.9. The predicted octanol–water partition coefficient (Wildman–Crippen LogP) is 2.79. The molecule has 0 saturated heterocycles. The van der Waals surface area contributed by atoms with E-state index in [2.05, 4.69) is 13.0 Å². The Hall–Kier alpha value is -0.770. The number of ether oxygens (including phenoxy) is 1. The number of nitrogens with two attached hydrogens (primary N) is 1. The number of hydrogen-bond acceptors (Lipinski definition) is 3. The van der Waals surface area contributed by atoms with Crippen molar-refractivity contribution in [2.45, 2.75) is 57.3 Å². The minimum absolute atomic E-state index is 0. The van der Waals surface area contributed by atoms with Gasteiger partial charge in [0.2, 0.25) is 0 Å². The molecule has 1 aliphatic carbocycles. The second-order valence-corrected chi connectivity index (χ2v) is 5.84. The molecule has 2 atom stereocenters. The Morgan fingerprint density at radius 1 is 1.26 bits per heavy atom. The quantitative estimate of drug-likeness (QED) is 0.770. The Balaban J connectivity index is 0.00000133. The largest absolute Gasteiger partial charge is 0.485 e. The summed E-state index contributed by atoms with van der Waals surface area (Å²) in [6.45, 7) is 4.07. The Bertz CT molecular complexity index is 483. The van der Waals surface area contributed by atoms with Crippen molar-refractivity contribution >= 4 is 12.4 Å². The molecule has 1 spiro atoms. The highest BCUT2D eigenvalue weighted by molar-refractivity contribution is 5.85. The lowest BCUT2D eigenvalue weighted by Crippen LogP contribution is -2.56. The molecule has 3 rings (SSSR count). The summed E-state index contributed by atoms with van der Waals surface area (Å²) in [6.07, 6.45) is 3.59.